The second-order valence-electron chi connectivity index (χ2n) is 8.53. The number of nitrogens with zero attached hydrogens (tertiary/aromatic N) is 1. The molecule has 1 aliphatic heterocycles. The smallest absolute Gasteiger partial charge is 0.235 e. The summed E-state index contributed by atoms with van der Waals surface area (Å²) in [5.74, 6) is 0.540. The highest BCUT2D eigenvalue weighted by atomic mass is 19.1. The summed E-state index contributed by atoms with van der Waals surface area (Å²) in [6, 6.07) is 14.0. The summed E-state index contributed by atoms with van der Waals surface area (Å²) in [6.45, 7) is 4.23. The van der Waals surface area contributed by atoms with E-state index < -0.39 is 5.41 Å². The molecule has 1 saturated carbocycles. The number of carbonyl (C=O) groups is 1. The van der Waals surface area contributed by atoms with Crippen LogP contribution in [0.3, 0.4) is 0 Å². The van der Waals surface area contributed by atoms with Crippen LogP contribution in [-0.2, 0) is 10.2 Å². The summed E-state index contributed by atoms with van der Waals surface area (Å²) >= 11 is 0. The van der Waals surface area contributed by atoms with Gasteiger partial charge in [-0.15, -0.1) is 0 Å². The number of halogens is 1. The van der Waals surface area contributed by atoms with Gasteiger partial charge in [-0.2, -0.15) is 0 Å². The summed E-state index contributed by atoms with van der Waals surface area (Å²) in [5, 5.41) is 3.07. The van der Waals surface area contributed by atoms with E-state index in [2.05, 4.69) is 10.2 Å². The van der Waals surface area contributed by atoms with Crippen LogP contribution < -0.4 is 10.1 Å². The van der Waals surface area contributed by atoms with Gasteiger partial charge in [-0.05, 0) is 87.2 Å². The van der Waals surface area contributed by atoms with Gasteiger partial charge >= 0.3 is 0 Å². The summed E-state index contributed by atoms with van der Waals surface area (Å²) in [4.78, 5) is 15.7. The summed E-state index contributed by atoms with van der Waals surface area (Å²) < 4.78 is 19.2. The number of amides is 1. The van der Waals surface area contributed by atoms with Crippen LogP contribution in [-0.4, -0.2) is 37.0 Å². The number of nitrogens with one attached hydrogen (secondary N) is 1. The zero-order valence-electron chi connectivity index (χ0n) is 17.5. The van der Waals surface area contributed by atoms with Gasteiger partial charge in [0, 0.05) is 12.2 Å². The molecule has 160 valence electrons. The van der Waals surface area contributed by atoms with E-state index in [0.717, 1.165) is 55.6 Å². The molecule has 30 heavy (non-hydrogen) atoms. The first kappa shape index (κ1) is 20.9. The van der Waals surface area contributed by atoms with Crippen molar-refractivity contribution in [3.05, 3.63) is 59.9 Å². The van der Waals surface area contributed by atoms with Gasteiger partial charge < -0.3 is 15.0 Å². The molecule has 0 atom stereocenters. The maximum atomic E-state index is 13.4. The average molecular weight is 411 g/mol. The molecule has 1 aliphatic carbocycles. The molecule has 5 heteroatoms. The first-order valence-electron chi connectivity index (χ1n) is 11.2. The summed E-state index contributed by atoms with van der Waals surface area (Å²) in [6.07, 6.45) is 7.26. The number of hydrogen-bond donors (Lipinski definition) is 1. The second-order valence-corrected chi connectivity index (χ2v) is 8.53. The zero-order chi connectivity index (χ0) is 20.8. The largest absolute Gasteiger partial charge is 0.494 e. The number of anilines is 1. The van der Waals surface area contributed by atoms with Gasteiger partial charge in [0.1, 0.15) is 11.6 Å². The highest BCUT2D eigenvalue weighted by Gasteiger charge is 2.42. The Labute approximate surface area is 178 Å². The molecule has 0 aromatic heterocycles. The van der Waals surface area contributed by atoms with Gasteiger partial charge in [-0.1, -0.05) is 25.0 Å². The van der Waals surface area contributed by atoms with E-state index in [0.29, 0.717) is 6.61 Å². The highest BCUT2D eigenvalue weighted by molar-refractivity contribution is 5.99. The van der Waals surface area contributed by atoms with Crippen molar-refractivity contribution < 1.29 is 13.9 Å². The molecule has 0 unspecified atom stereocenters. The van der Waals surface area contributed by atoms with Crippen molar-refractivity contribution in [2.75, 3.05) is 31.6 Å². The van der Waals surface area contributed by atoms with Crippen molar-refractivity contribution in [2.45, 2.75) is 50.4 Å². The van der Waals surface area contributed by atoms with Crippen LogP contribution in [0.2, 0.25) is 0 Å². The molecule has 1 heterocycles. The van der Waals surface area contributed by atoms with Crippen LogP contribution in [0.5, 0.6) is 5.75 Å². The molecule has 1 saturated heterocycles. The Kier molecular flexibility index (Phi) is 6.68. The van der Waals surface area contributed by atoms with E-state index in [4.69, 9.17) is 4.74 Å². The molecule has 2 aromatic carbocycles. The number of likely N-dealkylation sites (tertiary alicyclic amines) is 1. The molecule has 2 aromatic rings. The minimum atomic E-state index is -0.571. The van der Waals surface area contributed by atoms with E-state index in [1.165, 1.54) is 38.1 Å². The van der Waals surface area contributed by atoms with Crippen molar-refractivity contribution >= 4 is 11.6 Å². The lowest BCUT2D eigenvalue weighted by Gasteiger charge is -2.28. The fraction of sp³-hybridized carbons (Fsp3) is 0.480. The lowest BCUT2D eigenvalue weighted by molar-refractivity contribution is -0.121. The third-order valence-corrected chi connectivity index (χ3v) is 6.49. The Morgan fingerprint density at radius 3 is 2.30 bits per heavy atom. The van der Waals surface area contributed by atoms with Crippen LogP contribution in [0.25, 0.3) is 0 Å². The van der Waals surface area contributed by atoms with Crippen LogP contribution in [0.1, 0.15) is 50.5 Å². The van der Waals surface area contributed by atoms with Gasteiger partial charge in [0.25, 0.3) is 0 Å². The topological polar surface area (TPSA) is 41.6 Å². The van der Waals surface area contributed by atoms with E-state index in [-0.39, 0.29) is 11.7 Å². The maximum Gasteiger partial charge on any atom is 0.235 e. The van der Waals surface area contributed by atoms with Crippen molar-refractivity contribution in [3.8, 4) is 5.75 Å². The van der Waals surface area contributed by atoms with Crippen molar-refractivity contribution in [1.82, 2.24) is 4.90 Å². The van der Waals surface area contributed by atoms with Crippen LogP contribution in [0, 0.1) is 5.82 Å². The Balaban J connectivity index is 1.32. The fourth-order valence-electron chi connectivity index (χ4n) is 4.76. The zero-order valence-corrected chi connectivity index (χ0v) is 17.5. The Morgan fingerprint density at radius 2 is 1.63 bits per heavy atom. The van der Waals surface area contributed by atoms with E-state index in [1.54, 1.807) is 12.1 Å². The predicted molar refractivity (Wildman–Crippen MR) is 117 cm³/mol. The van der Waals surface area contributed by atoms with Crippen LogP contribution >= 0.6 is 0 Å². The maximum absolute atomic E-state index is 13.4. The number of rotatable bonds is 8. The Hall–Kier alpha value is -2.40. The molecule has 2 aliphatic rings. The van der Waals surface area contributed by atoms with Crippen LogP contribution in [0.4, 0.5) is 10.1 Å². The first-order valence-corrected chi connectivity index (χ1v) is 11.2. The highest BCUT2D eigenvalue weighted by Crippen LogP contribution is 2.42. The van der Waals surface area contributed by atoms with Gasteiger partial charge in [0.2, 0.25) is 5.91 Å². The second kappa shape index (κ2) is 9.61. The average Bonchev–Trinajstić information content (AvgIpc) is 3.46. The fourth-order valence-corrected chi connectivity index (χ4v) is 4.76. The van der Waals surface area contributed by atoms with Crippen molar-refractivity contribution in [1.29, 1.82) is 0 Å². The van der Waals surface area contributed by atoms with Gasteiger partial charge in [-0.25, -0.2) is 4.39 Å². The Bertz CT molecular complexity index is 823. The van der Waals surface area contributed by atoms with Gasteiger partial charge in [0.05, 0.1) is 12.0 Å². The molecule has 1 amide bonds. The number of carbonyl (C=O) groups excluding carboxylic acids is 1. The Morgan fingerprint density at radius 1 is 0.967 bits per heavy atom. The quantitative estimate of drug-likeness (QED) is 0.613. The molecule has 0 spiro atoms. The van der Waals surface area contributed by atoms with Gasteiger partial charge in [-0.3, -0.25) is 4.79 Å². The van der Waals surface area contributed by atoms with E-state index in [1.807, 2.05) is 24.3 Å². The standard InChI is InChI=1S/C25H31FN2O2/c26-21-8-6-20(7-9-21)25(14-1-2-15-25)24(29)27-22-10-12-23(13-11-22)30-19-5-18-28-16-3-4-17-28/h6-13H,1-5,14-19H2,(H,27,29). The molecule has 4 rings (SSSR count). The number of hydrogen-bond acceptors (Lipinski definition) is 3. The third kappa shape index (κ3) is 4.84. The summed E-state index contributed by atoms with van der Waals surface area (Å²) in [5.41, 5.74) is 1.09. The van der Waals surface area contributed by atoms with E-state index >= 15 is 0 Å². The normalized spacial score (nSPS) is 18.4. The predicted octanol–water partition coefficient (Wildman–Crippen LogP) is 5.14. The lowest BCUT2D eigenvalue weighted by atomic mass is 9.78. The third-order valence-electron chi connectivity index (χ3n) is 6.49. The minimum Gasteiger partial charge on any atom is -0.494 e. The molecule has 1 N–H and O–H groups in total. The van der Waals surface area contributed by atoms with Crippen molar-refractivity contribution in [2.24, 2.45) is 0 Å². The first-order chi connectivity index (χ1) is 14.7. The SMILES string of the molecule is O=C(Nc1ccc(OCCCN2CCCC2)cc1)C1(c2ccc(F)cc2)CCCC1. The molecule has 0 radical (unpaired) electrons. The lowest BCUT2D eigenvalue weighted by Crippen LogP contribution is -2.38. The minimum absolute atomic E-state index is 0.00844. The number of ether oxygens (including phenoxy) is 1. The molecule has 0 bridgehead atoms. The molecule has 4 nitrogen and oxygen atoms in total. The van der Waals surface area contributed by atoms with E-state index in [9.17, 15) is 9.18 Å². The summed E-state index contributed by atoms with van der Waals surface area (Å²) in [7, 11) is 0. The monoisotopic (exact) mass is 410 g/mol. The van der Waals surface area contributed by atoms with Crippen LogP contribution in [0.15, 0.2) is 48.5 Å². The number of benzene rings is 2. The van der Waals surface area contributed by atoms with Gasteiger partial charge in [0.15, 0.2) is 0 Å². The molecule has 2 fully saturated rings. The molecular formula is C25H31FN2O2. The van der Waals surface area contributed by atoms with Crippen molar-refractivity contribution in [3.63, 3.8) is 0 Å². The molecular weight excluding hydrogens is 379 g/mol.